The van der Waals surface area contributed by atoms with Gasteiger partial charge < -0.3 is 4.70 Å². The number of amides is 2. The normalized spacial score (nSPS) is 20.4. The van der Waals surface area contributed by atoms with E-state index >= 15 is 0 Å². The summed E-state index contributed by atoms with van der Waals surface area (Å²) < 4.78 is 51.1. The Kier molecular flexibility index (Phi) is 6.82. The number of nitrogens with zero attached hydrogens (tertiary/aromatic N) is 3. The molecule has 0 aliphatic carbocycles. The van der Waals surface area contributed by atoms with Crippen molar-refractivity contribution in [1.29, 1.82) is 0 Å². The topological polar surface area (TPSA) is 52.9 Å². The summed E-state index contributed by atoms with van der Waals surface area (Å²) in [5, 5.41) is 0.883. The van der Waals surface area contributed by atoms with Crippen molar-refractivity contribution in [1.82, 2.24) is 9.96 Å². The summed E-state index contributed by atoms with van der Waals surface area (Å²) >= 11 is 0. The van der Waals surface area contributed by atoms with Gasteiger partial charge in [0.2, 0.25) is 0 Å². The number of carbonyl (C=O) groups excluding carboxylic acids is 2. The Balaban J connectivity index is 0.000000599. The van der Waals surface area contributed by atoms with E-state index in [0.717, 1.165) is 24.6 Å². The van der Waals surface area contributed by atoms with Gasteiger partial charge in [0.15, 0.2) is 0 Å². The molecular weight excluding hydrogens is 355 g/mol. The van der Waals surface area contributed by atoms with E-state index in [0.29, 0.717) is 6.02 Å². The number of carbonyl (C=O) groups is 2. The van der Waals surface area contributed by atoms with Crippen LogP contribution in [0.4, 0.5) is 21.0 Å². The molecule has 1 saturated heterocycles. The number of amidine groups is 1. The molecule has 2 aliphatic rings. The zero-order chi connectivity index (χ0) is 17.2. The molecule has 1 fully saturated rings. The van der Waals surface area contributed by atoms with Crippen LogP contribution in [-0.2, 0) is 14.4 Å². The number of hydrogen-bond donors (Lipinski definition) is 0. The predicted molar refractivity (Wildman–Crippen MR) is 67.9 cm³/mol. The molecule has 2 heterocycles. The Hall–Kier alpha value is -1.58. The van der Waals surface area contributed by atoms with Gasteiger partial charge >= 0.3 is 35.2 Å². The maximum Gasteiger partial charge on any atom is -1.00 e. The molecule has 0 atom stereocenters. The first-order valence-electron chi connectivity index (χ1n) is 6.27. The molecule has 0 aromatic carbocycles. The van der Waals surface area contributed by atoms with Crippen LogP contribution < -0.4 is 4.70 Å². The minimum absolute atomic E-state index is 0. The molecule has 2 amide bonds. The van der Waals surface area contributed by atoms with Crippen LogP contribution in [0.15, 0.2) is 0 Å². The second-order valence-electron chi connectivity index (χ2n) is 4.79. The van der Waals surface area contributed by atoms with E-state index in [4.69, 9.17) is 4.84 Å². The van der Waals surface area contributed by atoms with Crippen LogP contribution in [0, 0.1) is 0 Å². The van der Waals surface area contributed by atoms with Crippen LogP contribution in [0.3, 0.4) is 0 Å². The van der Waals surface area contributed by atoms with E-state index in [9.17, 15) is 30.6 Å². The van der Waals surface area contributed by atoms with Crippen LogP contribution >= 0.6 is 8.16 Å². The third-order valence-corrected chi connectivity index (χ3v) is 2.82. The van der Waals surface area contributed by atoms with Crippen molar-refractivity contribution in [3.05, 3.63) is 0 Å². The van der Waals surface area contributed by atoms with E-state index in [2.05, 4.69) is 0 Å². The van der Waals surface area contributed by atoms with Gasteiger partial charge in [0, 0.05) is 19.3 Å². The van der Waals surface area contributed by atoms with Crippen LogP contribution in [0.5, 0.6) is 0 Å². The van der Waals surface area contributed by atoms with Gasteiger partial charge in [0.25, 0.3) is 11.8 Å². The van der Waals surface area contributed by atoms with Crippen molar-refractivity contribution in [3.63, 3.8) is 0 Å². The van der Waals surface area contributed by atoms with Crippen molar-refractivity contribution in [2.45, 2.75) is 19.3 Å². The quantitative estimate of drug-likeness (QED) is 0.267. The summed E-state index contributed by atoms with van der Waals surface area (Å²) in [6.45, 7) is 1.74. The first kappa shape index (κ1) is 21.4. The van der Waals surface area contributed by atoms with Gasteiger partial charge in [-0.15, -0.1) is 0 Å². The van der Waals surface area contributed by atoms with Gasteiger partial charge in [-0.3, -0.25) is 14.4 Å². The zero-order valence-corrected chi connectivity index (χ0v) is 13.2. The number of hydroxylamine groups is 2. The number of imide groups is 1. The standard InChI is InChI=1S/C10H16N3O3.F5P.FH/c1-11-6-3-7-12(2)10(11)16-13-8(14)4-5-9(13)15;1-6(2,3,4)5;/h3-7H2,1-2H3;;1H/q+1;;/p-1. The van der Waals surface area contributed by atoms with Gasteiger partial charge in [-0.05, 0) is 0 Å². The molecule has 0 aromatic heterocycles. The molecule has 0 aromatic rings. The SMILES string of the molecule is CN1CCC[N+](C)=C1ON1C(=O)CCC1=O.FP(F)(F)(F)F.[F-]. The maximum absolute atomic E-state index is 11.4. The van der Waals surface area contributed by atoms with Gasteiger partial charge in [0.05, 0.1) is 27.2 Å². The Morgan fingerprint density at radius 2 is 1.52 bits per heavy atom. The van der Waals surface area contributed by atoms with E-state index in [-0.39, 0.29) is 29.4 Å². The molecule has 0 N–H and O–H groups in total. The molecular formula is C10H16F6N3O3P. The minimum Gasteiger partial charge on any atom is -1.00 e. The smallest absolute Gasteiger partial charge is 1.00 e. The van der Waals surface area contributed by atoms with Crippen LogP contribution in [0.25, 0.3) is 0 Å². The second kappa shape index (κ2) is 7.33. The number of hydrogen-bond acceptors (Lipinski definition) is 4. The minimum atomic E-state index is -8.55. The number of rotatable bonds is 1. The summed E-state index contributed by atoms with van der Waals surface area (Å²) in [7, 11) is -4.78. The fourth-order valence-electron chi connectivity index (χ4n) is 1.91. The van der Waals surface area contributed by atoms with Gasteiger partial charge in [-0.25, -0.2) is 9.48 Å². The largest absolute Gasteiger partial charge is 1.00 e. The van der Waals surface area contributed by atoms with Gasteiger partial charge in [0.1, 0.15) is 0 Å². The van der Waals surface area contributed by atoms with E-state index in [1.165, 1.54) is 0 Å². The van der Waals surface area contributed by atoms with Gasteiger partial charge in [-0.1, -0.05) is 5.06 Å². The fraction of sp³-hybridized carbons (Fsp3) is 0.700. The molecule has 0 unspecified atom stereocenters. The van der Waals surface area contributed by atoms with E-state index in [1.807, 2.05) is 23.6 Å². The molecule has 0 radical (unpaired) electrons. The van der Waals surface area contributed by atoms with Crippen molar-refractivity contribution in [2.75, 3.05) is 27.2 Å². The molecule has 6 nitrogen and oxygen atoms in total. The van der Waals surface area contributed by atoms with Crippen molar-refractivity contribution in [3.8, 4) is 0 Å². The van der Waals surface area contributed by atoms with Crippen molar-refractivity contribution < 1.29 is 44.7 Å². The summed E-state index contributed by atoms with van der Waals surface area (Å²) in [5.74, 6) is -0.519. The first-order chi connectivity index (χ1) is 9.83. The summed E-state index contributed by atoms with van der Waals surface area (Å²) in [6.07, 6.45) is 1.54. The molecule has 23 heavy (non-hydrogen) atoms. The van der Waals surface area contributed by atoms with E-state index < -0.39 is 8.16 Å². The third-order valence-electron chi connectivity index (χ3n) is 2.82. The van der Waals surface area contributed by atoms with Crippen LogP contribution in [-0.4, -0.2) is 59.6 Å². The summed E-state index contributed by atoms with van der Waals surface area (Å²) in [5.41, 5.74) is 0. The molecule has 2 aliphatic heterocycles. The van der Waals surface area contributed by atoms with Crippen molar-refractivity contribution >= 4 is 26.0 Å². The Morgan fingerprint density at radius 1 is 1.09 bits per heavy atom. The van der Waals surface area contributed by atoms with Crippen molar-refractivity contribution in [2.24, 2.45) is 0 Å². The van der Waals surface area contributed by atoms with Crippen LogP contribution in [0.2, 0.25) is 0 Å². The second-order valence-corrected chi connectivity index (χ2v) is 6.07. The Morgan fingerprint density at radius 3 is 1.91 bits per heavy atom. The predicted octanol–water partition coefficient (Wildman–Crippen LogP) is -0.633. The molecule has 0 spiro atoms. The fourth-order valence-corrected chi connectivity index (χ4v) is 1.91. The average molecular weight is 371 g/mol. The average Bonchev–Trinajstić information content (AvgIpc) is 2.62. The maximum atomic E-state index is 11.4. The van der Waals surface area contributed by atoms with Crippen LogP contribution in [0.1, 0.15) is 19.3 Å². The molecule has 2 rings (SSSR count). The van der Waals surface area contributed by atoms with E-state index in [1.54, 1.807) is 0 Å². The summed E-state index contributed by atoms with van der Waals surface area (Å²) in [6, 6.07) is 0.565. The first-order valence-corrected chi connectivity index (χ1v) is 7.96. The Labute approximate surface area is 128 Å². The molecule has 0 bridgehead atoms. The molecule has 136 valence electrons. The Bertz CT molecular complexity index is 475. The zero-order valence-electron chi connectivity index (χ0n) is 12.3. The monoisotopic (exact) mass is 371 g/mol. The number of halogens is 6. The third kappa shape index (κ3) is 8.00. The molecule has 13 heteroatoms. The molecule has 0 saturated carbocycles. The summed E-state index contributed by atoms with van der Waals surface area (Å²) in [4.78, 5) is 30.1. The van der Waals surface area contributed by atoms with Gasteiger partial charge in [-0.2, -0.15) is 0 Å².